The van der Waals surface area contributed by atoms with Gasteiger partial charge in [-0.3, -0.25) is 9.35 Å². The van der Waals surface area contributed by atoms with Crippen molar-refractivity contribution in [1.29, 1.82) is 0 Å². The second kappa shape index (κ2) is 19.9. The number of aliphatic hydroxyl groups is 2. The van der Waals surface area contributed by atoms with Gasteiger partial charge in [0.05, 0.1) is 6.61 Å². The van der Waals surface area contributed by atoms with E-state index in [4.69, 9.17) is 14.0 Å². The van der Waals surface area contributed by atoms with E-state index < -0.39 is 53.6 Å². The predicted octanol–water partition coefficient (Wildman–Crippen LogP) is 3.81. The Hall–Kier alpha value is -1.08. The highest BCUT2D eigenvalue weighted by Crippen LogP contribution is 2.23. The molecule has 1 aliphatic rings. The molecule has 0 bridgehead atoms. The van der Waals surface area contributed by atoms with Crippen LogP contribution in [0.15, 0.2) is 12.2 Å². The van der Waals surface area contributed by atoms with Crippen LogP contribution < -0.4 is 5.32 Å². The zero-order chi connectivity index (χ0) is 27.5. The van der Waals surface area contributed by atoms with Crippen LogP contribution >= 0.6 is 0 Å². The van der Waals surface area contributed by atoms with Crippen LogP contribution in [-0.2, 0) is 28.9 Å². The Morgan fingerprint density at radius 3 is 1.97 bits per heavy atom. The number of aliphatic hydroxyl groups excluding tert-OH is 2. The molecular weight excluding hydrogens is 502 g/mol. The van der Waals surface area contributed by atoms with Gasteiger partial charge in [0, 0.05) is 13.5 Å². The molecule has 1 fully saturated rings. The Morgan fingerprint density at radius 2 is 1.43 bits per heavy atom. The largest absolute Gasteiger partial charge is 0.397 e. The number of nitrogens with one attached hydrogen (secondary N) is 1. The van der Waals surface area contributed by atoms with Gasteiger partial charge < -0.3 is 25.0 Å². The van der Waals surface area contributed by atoms with E-state index in [2.05, 4.69) is 28.6 Å². The van der Waals surface area contributed by atoms with Crippen LogP contribution in [0.1, 0.15) is 104 Å². The molecule has 10 nitrogen and oxygen atoms in total. The highest BCUT2D eigenvalue weighted by Gasteiger charge is 2.46. The van der Waals surface area contributed by atoms with Crippen molar-refractivity contribution in [3.05, 3.63) is 12.2 Å². The zero-order valence-corrected chi connectivity index (χ0v) is 23.4. The van der Waals surface area contributed by atoms with Gasteiger partial charge in [-0.25, -0.2) is 4.18 Å². The van der Waals surface area contributed by atoms with Gasteiger partial charge in [-0.15, -0.1) is 0 Å². The molecule has 0 saturated carbocycles. The van der Waals surface area contributed by atoms with E-state index in [1.54, 1.807) is 0 Å². The van der Waals surface area contributed by atoms with Crippen molar-refractivity contribution in [2.45, 2.75) is 134 Å². The fourth-order valence-corrected chi connectivity index (χ4v) is 4.61. The van der Waals surface area contributed by atoms with Crippen molar-refractivity contribution in [3.8, 4) is 0 Å². The smallest absolute Gasteiger partial charge is 0.388 e. The first-order valence-corrected chi connectivity index (χ1v) is 15.2. The highest BCUT2D eigenvalue weighted by atomic mass is 32.3. The van der Waals surface area contributed by atoms with Gasteiger partial charge in [-0.2, -0.15) is 8.42 Å². The summed E-state index contributed by atoms with van der Waals surface area (Å²) in [5.74, 6) is -0.446. The molecule has 0 radical (unpaired) electrons. The molecule has 1 heterocycles. The normalized spacial score (nSPS) is 24.5. The fourth-order valence-electron chi connectivity index (χ4n) is 4.30. The van der Waals surface area contributed by atoms with Gasteiger partial charge in [-0.05, 0) is 32.1 Å². The van der Waals surface area contributed by atoms with Crippen molar-refractivity contribution >= 4 is 16.3 Å². The number of hydrogen-bond acceptors (Lipinski definition) is 8. The van der Waals surface area contributed by atoms with Crippen LogP contribution in [0, 0.1) is 0 Å². The maximum Gasteiger partial charge on any atom is 0.397 e. The third-order valence-electron chi connectivity index (χ3n) is 6.39. The van der Waals surface area contributed by atoms with Crippen molar-refractivity contribution in [1.82, 2.24) is 5.32 Å². The highest BCUT2D eigenvalue weighted by molar-refractivity contribution is 7.80. The first-order valence-electron chi connectivity index (χ1n) is 13.8. The topological polar surface area (TPSA) is 152 Å². The Bertz CT molecular complexity index is 732. The van der Waals surface area contributed by atoms with Crippen molar-refractivity contribution < 1.29 is 41.6 Å². The first kappa shape index (κ1) is 33.9. The zero-order valence-electron chi connectivity index (χ0n) is 22.6. The van der Waals surface area contributed by atoms with Crippen LogP contribution in [0.25, 0.3) is 0 Å². The minimum Gasteiger partial charge on any atom is -0.388 e. The maximum absolute atomic E-state index is 11.5. The Labute approximate surface area is 223 Å². The minimum absolute atomic E-state index is 0.302. The van der Waals surface area contributed by atoms with Crippen LogP contribution in [0.2, 0.25) is 0 Å². The minimum atomic E-state index is -4.75. The van der Waals surface area contributed by atoms with Crippen molar-refractivity contribution in [2.24, 2.45) is 0 Å². The number of unbranched alkanes of at least 4 members (excludes halogenated alkanes) is 12. The first-order chi connectivity index (χ1) is 17.7. The molecule has 1 unspecified atom stereocenters. The second-order valence-corrected chi connectivity index (χ2v) is 10.9. The average Bonchev–Trinajstić information content (AvgIpc) is 2.83. The molecule has 1 saturated heterocycles. The number of rotatable bonds is 21. The van der Waals surface area contributed by atoms with Gasteiger partial charge in [0.1, 0.15) is 24.4 Å². The summed E-state index contributed by atoms with van der Waals surface area (Å²) >= 11 is 0. The predicted molar refractivity (Wildman–Crippen MR) is 141 cm³/mol. The summed E-state index contributed by atoms with van der Waals surface area (Å²) in [6.07, 6.45) is 15.8. The molecular formula is C26H49NO9S. The number of allylic oxidation sites excluding steroid dienone is 2. The molecule has 0 aliphatic carbocycles. The molecule has 1 aliphatic heterocycles. The summed E-state index contributed by atoms with van der Waals surface area (Å²) < 4.78 is 46.0. The van der Waals surface area contributed by atoms with E-state index in [1.807, 2.05) is 0 Å². The van der Waals surface area contributed by atoms with Gasteiger partial charge in [0.15, 0.2) is 6.29 Å². The lowest BCUT2D eigenvalue weighted by Crippen LogP contribution is -2.64. The third kappa shape index (κ3) is 16.5. The van der Waals surface area contributed by atoms with Crippen LogP contribution in [0.3, 0.4) is 0 Å². The molecule has 218 valence electrons. The van der Waals surface area contributed by atoms with Gasteiger partial charge >= 0.3 is 10.4 Å². The lowest BCUT2D eigenvalue weighted by molar-refractivity contribution is -0.269. The van der Waals surface area contributed by atoms with Crippen LogP contribution in [0.4, 0.5) is 0 Å². The number of amides is 1. The van der Waals surface area contributed by atoms with E-state index >= 15 is 0 Å². The summed E-state index contributed by atoms with van der Waals surface area (Å²) in [6.45, 7) is 3.09. The van der Waals surface area contributed by atoms with Crippen molar-refractivity contribution in [3.63, 3.8) is 0 Å². The molecule has 5 atom stereocenters. The summed E-state index contributed by atoms with van der Waals surface area (Å²) in [5.41, 5.74) is 0. The van der Waals surface area contributed by atoms with Gasteiger partial charge in [0.2, 0.25) is 5.91 Å². The lowest BCUT2D eigenvalue weighted by atomic mass is 9.97. The lowest BCUT2D eigenvalue weighted by Gasteiger charge is -2.42. The molecule has 11 heteroatoms. The van der Waals surface area contributed by atoms with E-state index in [9.17, 15) is 23.4 Å². The monoisotopic (exact) mass is 551 g/mol. The molecule has 0 aromatic carbocycles. The quantitative estimate of drug-likeness (QED) is 0.0948. The van der Waals surface area contributed by atoms with Gasteiger partial charge in [-0.1, -0.05) is 76.9 Å². The molecule has 0 aromatic heterocycles. The number of carbonyl (C=O) groups excluding carboxylic acids is 1. The summed E-state index contributed by atoms with van der Waals surface area (Å²) in [6, 6.07) is -1.04. The SMILES string of the molecule is CCCCCCCC/C=C\CCCCCCCCO[C@H]1O[C@H](COS(=O)(=O)O)[C@@H](O)[C@H](O)C1NC(C)=O. The summed E-state index contributed by atoms with van der Waals surface area (Å²) in [7, 11) is -4.75. The summed E-state index contributed by atoms with van der Waals surface area (Å²) in [5, 5.41) is 23.1. The van der Waals surface area contributed by atoms with E-state index in [1.165, 1.54) is 64.7 Å². The fraction of sp³-hybridized carbons (Fsp3) is 0.885. The maximum atomic E-state index is 11.5. The molecule has 1 amide bonds. The Balaban J connectivity index is 2.21. The Morgan fingerprint density at radius 1 is 0.892 bits per heavy atom. The molecule has 4 N–H and O–H groups in total. The van der Waals surface area contributed by atoms with Crippen molar-refractivity contribution in [2.75, 3.05) is 13.2 Å². The third-order valence-corrected chi connectivity index (χ3v) is 6.82. The van der Waals surface area contributed by atoms with Crippen LogP contribution in [0.5, 0.6) is 0 Å². The molecule has 0 spiro atoms. The van der Waals surface area contributed by atoms with Gasteiger partial charge in [0.25, 0.3) is 0 Å². The van der Waals surface area contributed by atoms with E-state index in [0.717, 1.165) is 32.1 Å². The molecule has 0 aromatic rings. The number of hydrogen-bond donors (Lipinski definition) is 4. The van der Waals surface area contributed by atoms with Crippen LogP contribution in [-0.4, -0.2) is 72.9 Å². The number of carbonyl (C=O) groups is 1. The van der Waals surface area contributed by atoms with E-state index in [0.29, 0.717) is 6.61 Å². The standard InChI is InChI=1S/C26H49NO9S/c1-3-4-5-6-7-8-9-10-11-12-13-14-15-16-17-18-19-34-26-23(27-21(2)28)25(30)24(29)22(36-26)20-35-37(31,32)33/h10-11,22-26,29-30H,3-9,12-20H2,1-2H3,(H,27,28)(H,31,32,33)/b11-10-/t22-,23?,24-,25-,26+/m1/s1. The molecule has 37 heavy (non-hydrogen) atoms. The Kier molecular flexibility index (Phi) is 18.3. The second-order valence-electron chi connectivity index (χ2n) is 9.77. The van der Waals surface area contributed by atoms with E-state index in [-0.39, 0.29) is 0 Å². The average molecular weight is 552 g/mol. The summed E-state index contributed by atoms with van der Waals surface area (Å²) in [4.78, 5) is 11.5. The number of ether oxygens (including phenoxy) is 2. The molecule has 1 rings (SSSR count).